The Morgan fingerprint density at radius 3 is 2.04 bits per heavy atom. The molecule has 2 heterocycles. The van der Waals surface area contributed by atoms with Crippen molar-refractivity contribution in [2.45, 2.75) is 84.4 Å². The van der Waals surface area contributed by atoms with Crippen LogP contribution in [0.5, 0.6) is 0 Å². The van der Waals surface area contributed by atoms with Gasteiger partial charge >= 0.3 is 54.6 Å². The van der Waals surface area contributed by atoms with Crippen LogP contribution in [-0.2, 0) is 36.7 Å². The fourth-order valence-electron chi connectivity index (χ4n) is 5.22. The molecule has 300 valence electrons. The minimum atomic E-state index is -0.945. The molecule has 0 saturated carbocycles. The number of esters is 1. The summed E-state index contributed by atoms with van der Waals surface area (Å²) >= 11 is 8.81. The standard InChI is InChI=1S/C16H23BO4.C12H10O2.C8H9ClO3.C7H8BrN.Na.H/c1-14(2,13(18)19)11-8-7-9-12(10-11)17-20-15(3,4)16(5,6)21-17;1-8-6-7-9-4-2-3-5-10(9)11(8)12(13)14;1-2-11-8(10)7-4-3-6(5-9)12-7;8-7-3-1-6(5-9)2-4-7;;/h7-10H,1-6H3,(H,18,19);2-7H,1H3,(H,13,14);3-4H,2,5H2,1H3;1-4H,5,9H2;;/q;;;;+1;-1. The number of aliphatic carboxylic acids is 1. The summed E-state index contributed by atoms with van der Waals surface area (Å²) < 4.78 is 22.9. The van der Waals surface area contributed by atoms with Crippen molar-refractivity contribution in [3.05, 3.63) is 135 Å². The summed E-state index contributed by atoms with van der Waals surface area (Å²) in [4.78, 5) is 33.4. The third kappa shape index (κ3) is 13.5. The fourth-order valence-corrected chi connectivity index (χ4v) is 5.63. The Bertz CT molecular complexity index is 2100. The third-order valence-electron chi connectivity index (χ3n) is 9.44. The average molecular weight is 875 g/mol. The summed E-state index contributed by atoms with van der Waals surface area (Å²) in [6, 6.07) is 29.9. The van der Waals surface area contributed by atoms with Crippen LogP contribution >= 0.6 is 27.5 Å². The molecule has 1 fully saturated rings. The second-order valence-electron chi connectivity index (χ2n) is 14.4. The number of carboxylic acid groups (broad SMARTS) is 2. The van der Waals surface area contributed by atoms with Gasteiger partial charge in [0.2, 0.25) is 5.76 Å². The second-order valence-corrected chi connectivity index (χ2v) is 15.6. The normalized spacial score (nSPS) is 13.7. The number of hydrogen-bond donors (Lipinski definition) is 3. The van der Waals surface area contributed by atoms with Crippen molar-refractivity contribution >= 4 is 68.8 Å². The SMILES string of the molecule is CC(C)(C(=O)O)c1cccc(B2OC(C)(C)C(C)(C)O2)c1.CCOC(=O)c1ccc(CCl)o1.Cc1ccc2ccccc2c1C(=O)O.NCc1ccc(Br)cc1.[H-].[Na+]. The Hall–Kier alpha value is -3.46. The minimum absolute atomic E-state index is 0. The number of carbonyl (C=O) groups is 3. The van der Waals surface area contributed by atoms with Gasteiger partial charge in [0.25, 0.3) is 0 Å². The van der Waals surface area contributed by atoms with E-state index >= 15 is 0 Å². The second kappa shape index (κ2) is 22.1. The molecule has 1 saturated heterocycles. The number of carboxylic acids is 2. The molecule has 0 amide bonds. The van der Waals surface area contributed by atoms with Gasteiger partial charge in [0.05, 0.1) is 34.7 Å². The van der Waals surface area contributed by atoms with Crippen LogP contribution in [0, 0.1) is 6.92 Å². The van der Waals surface area contributed by atoms with E-state index in [1.807, 2.05) is 120 Å². The van der Waals surface area contributed by atoms with Gasteiger partial charge in [0.1, 0.15) is 5.76 Å². The quantitative estimate of drug-likeness (QED) is 0.0904. The summed E-state index contributed by atoms with van der Waals surface area (Å²) in [7, 11) is -0.473. The minimum Gasteiger partial charge on any atom is -1.00 e. The Morgan fingerprint density at radius 2 is 1.51 bits per heavy atom. The first kappa shape index (κ1) is 49.7. The first-order valence-corrected chi connectivity index (χ1v) is 19.3. The molecule has 0 aliphatic carbocycles. The van der Waals surface area contributed by atoms with Gasteiger partial charge in [-0.2, -0.15) is 0 Å². The van der Waals surface area contributed by atoms with E-state index in [4.69, 9.17) is 40.9 Å². The molecule has 4 aromatic carbocycles. The maximum atomic E-state index is 11.4. The topological polar surface area (TPSA) is 159 Å². The molecule has 1 aliphatic rings. The summed E-state index contributed by atoms with van der Waals surface area (Å²) in [5.74, 6) is -1.13. The molecule has 10 nitrogen and oxygen atoms in total. The fraction of sp³-hybridized carbons (Fsp3) is 0.326. The van der Waals surface area contributed by atoms with E-state index in [2.05, 4.69) is 15.9 Å². The number of aromatic carboxylic acids is 1. The van der Waals surface area contributed by atoms with Gasteiger partial charge in [0.15, 0.2) is 0 Å². The smallest absolute Gasteiger partial charge is 1.00 e. The van der Waals surface area contributed by atoms with Gasteiger partial charge in [-0.1, -0.05) is 88.7 Å². The number of aryl methyl sites for hydroxylation is 1. The molecule has 0 bridgehead atoms. The summed E-state index contributed by atoms with van der Waals surface area (Å²) in [6.07, 6.45) is 0. The van der Waals surface area contributed by atoms with Crippen LogP contribution in [0.3, 0.4) is 0 Å². The number of hydrogen-bond acceptors (Lipinski definition) is 8. The van der Waals surface area contributed by atoms with Crippen LogP contribution in [0.25, 0.3) is 10.8 Å². The van der Waals surface area contributed by atoms with Gasteiger partial charge < -0.3 is 35.8 Å². The number of fused-ring (bicyclic) bond motifs is 1. The first-order valence-electron chi connectivity index (χ1n) is 17.9. The monoisotopic (exact) mass is 873 g/mol. The zero-order chi connectivity index (χ0) is 41.8. The van der Waals surface area contributed by atoms with Gasteiger partial charge in [-0.15, -0.1) is 11.6 Å². The van der Waals surface area contributed by atoms with Crippen molar-refractivity contribution in [3.8, 4) is 0 Å². The van der Waals surface area contributed by atoms with Gasteiger partial charge in [-0.3, -0.25) is 4.79 Å². The molecule has 0 radical (unpaired) electrons. The van der Waals surface area contributed by atoms with Crippen molar-refractivity contribution < 1.29 is 74.0 Å². The molecule has 0 spiro atoms. The van der Waals surface area contributed by atoms with E-state index in [1.165, 1.54) is 5.56 Å². The largest absolute Gasteiger partial charge is 1.00 e. The van der Waals surface area contributed by atoms with Crippen molar-refractivity contribution in [2.24, 2.45) is 5.73 Å². The predicted molar refractivity (Wildman–Crippen MR) is 226 cm³/mol. The third-order valence-corrected chi connectivity index (χ3v) is 10.2. The van der Waals surface area contributed by atoms with Crippen LogP contribution < -0.4 is 40.8 Å². The molecule has 14 heteroatoms. The number of ether oxygens (including phenoxy) is 1. The number of nitrogens with two attached hydrogens (primary N) is 1. The number of rotatable bonds is 8. The van der Waals surface area contributed by atoms with E-state index in [-0.39, 0.29) is 42.6 Å². The average Bonchev–Trinajstić information content (AvgIpc) is 3.73. The first-order chi connectivity index (χ1) is 26.3. The van der Waals surface area contributed by atoms with E-state index in [0.29, 0.717) is 24.5 Å². The predicted octanol–water partition coefficient (Wildman–Crippen LogP) is 6.41. The summed E-state index contributed by atoms with van der Waals surface area (Å²) in [5, 5.41) is 20.2. The molecular formula is C43H51BBrClNNaO9. The molecule has 5 aromatic rings. The van der Waals surface area contributed by atoms with E-state index in [1.54, 1.807) is 32.9 Å². The Balaban J connectivity index is 0.000000400. The molecule has 57 heavy (non-hydrogen) atoms. The molecule has 6 rings (SSSR count). The molecule has 1 aromatic heterocycles. The van der Waals surface area contributed by atoms with Crippen LogP contribution in [-0.4, -0.2) is 53.0 Å². The number of carbonyl (C=O) groups excluding carboxylic acids is 1. The summed E-state index contributed by atoms with van der Waals surface area (Å²) in [5.41, 5.74) is 7.58. The molecular weight excluding hydrogens is 824 g/mol. The van der Waals surface area contributed by atoms with Crippen LogP contribution in [0.4, 0.5) is 0 Å². The van der Waals surface area contributed by atoms with Crippen molar-refractivity contribution in [2.75, 3.05) is 6.61 Å². The number of alkyl halides is 1. The molecule has 0 unspecified atom stereocenters. The Labute approximate surface area is 372 Å². The molecule has 4 N–H and O–H groups in total. The number of benzene rings is 4. The van der Waals surface area contributed by atoms with Gasteiger partial charge in [0, 0.05) is 11.0 Å². The van der Waals surface area contributed by atoms with Crippen LogP contribution in [0.15, 0.2) is 106 Å². The Morgan fingerprint density at radius 1 is 0.895 bits per heavy atom. The summed E-state index contributed by atoms with van der Waals surface area (Å²) in [6.45, 7) is 15.9. The number of furan rings is 1. The zero-order valence-corrected chi connectivity index (χ0v) is 38.4. The maximum absolute atomic E-state index is 11.4. The van der Waals surface area contributed by atoms with Crippen molar-refractivity contribution in [3.63, 3.8) is 0 Å². The van der Waals surface area contributed by atoms with Crippen LogP contribution in [0.2, 0.25) is 0 Å². The Kier molecular flexibility index (Phi) is 19.2. The molecule has 1 aliphatic heterocycles. The zero-order valence-electron chi connectivity index (χ0n) is 35.0. The number of halogens is 2. The van der Waals surface area contributed by atoms with Crippen molar-refractivity contribution in [1.29, 1.82) is 0 Å². The van der Waals surface area contributed by atoms with Gasteiger partial charge in [-0.05, 0) is 113 Å². The van der Waals surface area contributed by atoms with E-state index in [9.17, 15) is 19.5 Å². The molecule has 0 atom stereocenters. The van der Waals surface area contributed by atoms with Crippen LogP contribution in [0.1, 0.15) is 93.3 Å². The van der Waals surface area contributed by atoms with E-state index < -0.39 is 41.6 Å². The van der Waals surface area contributed by atoms with Crippen molar-refractivity contribution in [1.82, 2.24) is 0 Å². The van der Waals surface area contributed by atoms with E-state index in [0.717, 1.165) is 31.8 Å². The van der Waals surface area contributed by atoms with Gasteiger partial charge in [-0.25, -0.2) is 9.59 Å². The maximum Gasteiger partial charge on any atom is 1.00 e.